The molecule has 0 radical (unpaired) electrons. The SMILES string of the molecule is C1=CCCC(C2=CC(C3C=CC(C4C=CC(c5ccccc5)=CC4)=CC3)=CCC2)=C1. The van der Waals surface area contributed by atoms with Gasteiger partial charge in [-0.15, -0.1) is 0 Å². The lowest BCUT2D eigenvalue weighted by Crippen LogP contribution is -2.10. The molecule has 30 heavy (non-hydrogen) atoms. The van der Waals surface area contributed by atoms with Gasteiger partial charge in [-0.3, -0.25) is 0 Å². The van der Waals surface area contributed by atoms with Crippen molar-refractivity contribution in [2.45, 2.75) is 38.5 Å². The van der Waals surface area contributed by atoms with E-state index in [-0.39, 0.29) is 0 Å². The van der Waals surface area contributed by atoms with Crippen molar-refractivity contribution in [3.8, 4) is 0 Å². The lowest BCUT2D eigenvalue weighted by molar-refractivity contribution is 0.718. The average Bonchev–Trinajstić information content (AvgIpc) is 2.85. The van der Waals surface area contributed by atoms with Crippen LogP contribution in [0, 0.1) is 11.8 Å². The normalized spacial score (nSPS) is 25.8. The predicted octanol–water partition coefficient (Wildman–Crippen LogP) is 8.07. The summed E-state index contributed by atoms with van der Waals surface area (Å²) >= 11 is 0. The second-order valence-corrected chi connectivity index (χ2v) is 8.70. The van der Waals surface area contributed by atoms with Gasteiger partial charge in [-0.1, -0.05) is 97.2 Å². The Labute approximate surface area is 181 Å². The minimum Gasteiger partial charge on any atom is -0.0842 e. The van der Waals surface area contributed by atoms with Crippen molar-refractivity contribution in [2.75, 3.05) is 0 Å². The minimum absolute atomic E-state index is 0.514. The molecule has 0 spiro atoms. The Morgan fingerprint density at radius 2 is 1.50 bits per heavy atom. The van der Waals surface area contributed by atoms with Gasteiger partial charge in [0.05, 0.1) is 0 Å². The summed E-state index contributed by atoms with van der Waals surface area (Å²) in [6, 6.07) is 10.7. The van der Waals surface area contributed by atoms with Crippen molar-refractivity contribution in [1.82, 2.24) is 0 Å². The van der Waals surface area contributed by atoms with Crippen LogP contribution < -0.4 is 0 Å². The first-order chi connectivity index (χ1) is 14.9. The van der Waals surface area contributed by atoms with Crippen LogP contribution in [0.2, 0.25) is 0 Å². The molecule has 0 N–H and O–H groups in total. The second-order valence-electron chi connectivity index (χ2n) is 8.70. The largest absolute Gasteiger partial charge is 0.0842 e. The summed E-state index contributed by atoms with van der Waals surface area (Å²) in [6.07, 6.45) is 33.1. The molecule has 2 atom stereocenters. The molecule has 0 saturated carbocycles. The molecular formula is C30H30. The van der Waals surface area contributed by atoms with Crippen molar-refractivity contribution in [3.05, 3.63) is 125 Å². The maximum atomic E-state index is 2.48. The first-order valence-electron chi connectivity index (χ1n) is 11.5. The Kier molecular flexibility index (Phi) is 5.66. The van der Waals surface area contributed by atoms with Gasteiger partial charge in [-0.2, -0.15) is 0 Å². The molecule has 0 saturated heterocycles. The van der Waals surface area contributed by atoms with E-state index in [2.05, 4.69) is 97.2 Å². The Morgan fingerprint density at radius 1 is 0.700 bits per heavy atom. The topological polar surface area (TPSA) is 0 Å². The zero-order valence-corrected chi connectivity index (χ0v) is 17.6. The molecular weight excluding hydrogens is 360 g/mol. The highest BCUT2D eigenvalue weighted by Gasteiger charge is 2.20. The molecule has 5 rings (SSSR count). The van der Waals surface area contributed by atoms with Crippen molar-refractivity contribution in [2.24, 2.45) is 11.8 Å². The summed E-state index contributed by atoms with van der Waals surface area (Å²) in [7, 11) is 0. The highest BCUT2D eigenvalue weighted by Crippen LogP contribution is 2.36. The second kappa shape index (κ2) is 8.88. The molecule has 0 heteroatoms. The molecule has 0 heterocycles. The van der Waals surface area contributed by atoms with Crippen LogP contribution in [0.3, 0.4) is 0 Å². The third kappa shape index (κ3) is 4.19. The van der Waals surface area contributed by atoms with Gasteiger partial charge in [0.2, 0.25) is 0 Å². The molecule has 2 unspecified atom stereocenters. The molecule has 4 aliphatic carbocycles. The summed E-state index contributed by atoms with van der Waals surface area (Å²) in [5.74, 6) is 1.05. The molecule has 0 nitrogen and oxygen atoms in total. The fraction of sp³-hybridized carbons (Fsp3) is 0.267. The quantitative estimate of drug-likeness (QED) is 0.487. The summed E-state index contributed by atoms with van der Waals surface area (Å²) < 4.78 is 0. The van der Waals surface area contributed by atoms with Crippen LogP contribution >= 0.6 is 0 Å². The van der Waals surface area contributed by atoms with Crippen LogP contribution in [-0.4, -0.2) is 0 Å². The van der Waals surface area contributed by atoms with Gasteiger partial charge in [0.1, 0.15) is 0 Å². The summed E-state index contributed by atoms with van der Waals surface area (Å²) in [4.78, 5) is 0. The Balaban J connectivity index is 1.23. The van der Waals surface area contributed by atoms with Crippen LogP contribution in [0.25, 0.3) is 5.57 Å². The molecule has 0 aliphatic heterocycles. The summed E-state index contributed by atoms with van der Waals surface area (Å²) in [6.45, 7) is 0. The number of rotatable bonds is 4. The van der Waals surface area contributed by atoms with E-state index < -0.39 is 0 Å². The van der Waals surface area contributed by atoms with Crippen LogP contribution in [0.4, 0.5) is 0 Å². The molecule has 0 aromatic heterocycles. The lowest BCUT2D eigenvalue weighted by atomic mass is 9.80. The minimum atomic E-state index is 0.514. The van der Waals surface area contributed by atoms with E-state index in [1.807, 2.05) is 0 Å². The van der Waals surface area contributed by atoms with Gasteiger partial charge >= 0.3 is 0 Å². The molecule has 1 aromatic rings. The number of hydrogen-bond acceptors (Lipinski definition) is 0. The highest BCUT2D eigenvalue weighted by molar-refractivity contribution is 5.75. The first-order valence-corrected chi connectivity index (χ1v) is 11.5. The van der Waals surface area contributed by atoms with E-state index >= 15 is 0 Å². The Hall–Kier alpha value is -2.86. The van der Waals surface area contributed by atoms with Crippen LogP contribution in [0.5, 0.6) is 0 Å². The van der Waals surface area contributed by atoms with Gasteiger partial charge in [-0.25, -0.2) is 0 Å². The Bertz CT molecular complexity index is 1030. The maximum Gasteiger partial charge on any atom is 0.00528 e. The molecule has 0 amide bonds. The zero-order chi connectivity index (χ0) is 20.2. The van der Waals surface area contributed by atoms with Crippen molar-refractivity contribution in [1.29, 1.82) is 0 Å². The van der Waals surface area contributed by atoms with E-state index in [1.165, 1.54) is 48.0 Å². The van der Waals surface area contributed by atoms with Crippen molar-refractivity contribution in [3.63, 3.8) is 0 Å². The van der Waals surface area contributed by atoms with E-state index in [1.54, 1.807) is 11.1 Å². The van der Waals surface area contributed by atoms with Crippen molar-refractivity contribution < 1.29 is 0 Å². The Morgan fingerprint density at radius 3 is 2.23 bits per heavy atom. The number of benzene rings is 1. The van der Waals surface area contributed by atoms with E-state index in [0.717, 1.165) is 12.8 Å². The summed E-state index contributed by atoms with van der Waals surface area (Å²) in [5, 5.41) is 0. The van der Waals surface area contributed by atoms with E-state index in [0.29, 0.717) is 11.8 Å². The lowest BCUT2D eigenvalue weighted by Gasteiger charge is -2.25. The smallest absolute Gasteiger partial charge is 0.00528 e. The fourth-order valence-electron chi connectivity index (χ4n) is 4.98. The highest BCUT2D eigenvalue weighted by atomic mass is 14.2. The molecule has 0 fully saturated rings. The maximum absolute atomic E-state index is 2.48. The van der Waals surface area contributed by atoms with Gasteiger partial charge in [0.25, 0.3) is 0 Å². The van der Waals surface area contributed by atoms with Gasteiger partial charge < -0.3 is 0 Å². The standard InChI is InChI=1S/C30H30/c1-3-8-23(9-4-1)25-14-16-26(17-15-25)27-18-20-28(21-19-27)30-13-7-12-29(22-30)24-10-5-2-6-11-24/h1-5,8-10,13-16,18-20,22,26,28H,6-7,11-12,17,21H2. The van der Waals surface area contributed by atoms with Gasteiger partial charge in [-0.05, 0) is 72.0 Å². The summed E-state index contributed by atoms with van der Waals surface area (Å²) in [5.41, 5.74) is 8.77. The molecule has 1 aromatic carbocycles. The van der Waals surface area contributed by atoms with Crippen LogP contribution in [0.1, 0.15) is 44.1 Å². The fourth-order valence-corrected chi connectivity index (χ4v) is 4.98. The van der Waals surface area contributed by atoms with Gasteiger partial charge in [0.15, 0.2) is 0 Å². The van der Waals surface area contributed by atoms with Crippen LogP contribution in [0.15, 0.2) is 119 Å². The van der Waals surface area contributed by atoms with Crippen molar-refractivity contribution >= 4 is 5.57 Å². The van der Waals surface area contributed by atoms with E-state index in [4.69, 9.17) is 0 Å². The average molecular weight is 391 g/mol. The van der Waals surface area contributed by atoms with Gasteiger partial charge in [0, 0.05) is 11.8 Å². The number of hydrogen-bond donors (Lipinski definition) is 0. The molecule has 4 aliphatic rings. The predicted molar refractivity (Wildman–Crippen MR) is 129 cm³/mol. The first kappa shape index (κ1) is 19.1. The molecule has 150 valence electrons. The monoisotopic (exact) mass is 390 g/mol. The van der Waals surface area contributed by atoms with E-state index in [9.17, 15) is 0 Å². The third-order valence-electron chi connectivity index (χ3n) is 6.75. The van der Waals surface area contributed by atoms with Crippen LogP contribution in [-0.2, 0) is 0 Å². The number of allylic oxidation sites excluding steroid dienone is 16. The molecule has 0 bridgehead atoms. The zero-order valence-electron chi connectivity index (χ0n) is 17.6. The third-order valence-corrected chi connectivity index (χ3v) is 6.75.